The largest absolute Gasteiger partial charge is 0.492 e. The molecule has 1 unspecified atom stereocenters. The zero-order chi connectivity index (χ0) is 18.4. The first-order valence-corrected chi connectivity index (χ1v) is 8.99. The lowest BCUT2D eigenvalue weighted by Crippen LogP contribution is -2.24. The summed E-state index contributed by atoms with van der Waals surface area (Å²) in [5.74, 6) is -0.341. The number of benzene rings is 2. The lowest BCUT2D eigenvalue weighted by atomic mass is 10.1. The van der Waals surface area contributed by atoms with E-state index in [1.165, 1.54) is 17.8 Å². The van der Waals surface area contributed by atoms with E-state index in [-0.39, 0.29) is 16.8 Å². The molecule has 25 heavy (non-hydrogen) atoms. The first kappa shape index (κ1) is 19.2. The molecule has 134 valence electrons. The molecule has 0 aliphatic carbocycles. The SMILES string of the molecule is Cc1ccc(C)c(OCCSC(C)C(=O)Nc2ccc(F)cc2F)c1. The minimum atomic E-state index is -0.788. The number of ether oxygens (including phenoxy) is 1. The van der Waals surface area contributed by atoms with Crippen molar-refractivity contribution in [3.8, 4) is 5.75 Å². The van der Waals surface area contributed by atoms with Gasteiger partial charge in [0.2, 0.25) is 5.91 Å². The third-order valence-electron chi connectivity index (χ3n) is 3.61. The van der Waals surface area contributed by atoms with Gasteiger partial charge >= 0.3 is 0 Å². The van der Waals surface area contributed by atoms with Crippen molar-refractivity contribution in [2.75, 3.05) is 17.7 Å². The molecule has 2 aromatic carbocycles. The normalized spacial score (nSPS) is 11.9. The van der Waals surface area contributed by atoms with Crippen molar-refractivity contribution < 1.29 is 18.3 Å². The summed E-state index contributed by atoms with van der Waals surface area (Å²) in [4.78, 5) is 12.1. The number of rotatable bonds is 7. The standard InChI is InChI=1S/C19H21F2NO2S/c1-12-4-5-13(2)18(10-12)24-8-9-25-14(3)19(23)22-17-7-6-15(20)11-16(17)21/h4-7,10-11,14H,8-9H2,1-3H3,(H,22,23). The number of nitrogens with one attached hydrogen (secondary N) is 1. The van der Waals surface area contributed by atoms with E-state index in [1.54, 1.807) is 6.92 Å². The smallest absolute Gasteiger partial charge is 0.237 e. The fourth-order valence-corrected chi connectivity index (χ4v) is 2.88. The van der Waals surface area contributed by atoms with Crippen LogP contribution in [-0.2, 0) is 4.79 Å². The van der Waals surface area contributed by atoms with Crippen LogP contribution in [0.1, 0.15) is 18.1 Å². The molecule has 1 amide bonds. The summed E-state index contributed by atoms with van der Waals surface area (Å²) in [5.41, 5.74) is 2.17. The second-order valence-corrected chi connectivity index (χ2v) is 7.19. The molecule has 0 fully saturated rings. The number of carbonyl (C=O) groups excluding carboxylic acids is 1. The fourth-order valence-electron chi connectivity index (χ4n) is 2.14. The van der Waals surface area contributed by atoms with Crippen molar-refractivity contribution >= 4 is 23.4 Å². The Morgan fingerprint density at radius 2 is 1.96 bits per heavy atom. The van der Waals surface area contributed by atoms with Crippen LogP contribution >= 0.6 is 11.8 Å². The molecular formula is C19H21F2NO2S. The summed E-state index contributed by atoms with van der Waals surface area (Å²) < 4.78 is 32.2. The second-order valence-electron chi connectivity index (χ2n) is 5.74. The average molecular weight is 365 g/mol. The zero-order valence-electron chi connectivity index (χ0n) is 14.4. The summed E-state index contributed by atoms with van der Waals surface area (Å²) in [6.07, 6.45) is 0. The molecule has 1 N–H and O–H groups in total. The highest BCUT2D eigenvalue weighted by Crippen LogP contribution is 2.21. The van der Waals surface area contributed by atoms with E-state index in [4.69, 9.17) is 4.74 Å². The van der Waals surface area contributed by atoms with Gasteiger partial charge in [-0.3, -0.25) is 4.79 Å². The van der Waals surface area contributed by atoms with Gasteiger partial charge in [-0.05, 0) is 50.1 Å². The van der Waals surface area contributed by atoms with Crippen LogP contribution in [0.2, 0.25) is 0 Å². The zero-order valence-corrected chi connectivity index (χ0v) is 15.3. The minimum Gasteiger partial charge on any atom is -0.492 e. The van der Waals surface area contributed by atoms with Crippen molar-refractivity contribution in [2.45, 2.75) is 26.0 Å². The van der Waals surface area contributed by atoms with Crippen LogP contribution in [0.3, 0.4) is 0 Å². The quantitative estimate of drug-likeness (QED) is 0.722. The lowest BCUT2D eigenvalue weighted by Gasteiger charge is -2.14. The number of thioether (sulfide) groups is 1. The van der Waals surface area contributed by atoms with Gasteiger partial charge in [0.1, 0.15) is 17.4 Å². The van der Waals surface area contributed by atoms with E-state index in [0.29, 0.717) is 12.4 Å². The third kappa shape index (κ3) is 5.74. The Morgan fingerprint density at radius 3 is 2.68 bits per heavy atom. The Hall–Kier alpha value is -2.08. The molecule has 0 saturated heterocycles. The first-order chi connectivity index (χ1) is 11.9. The monoisotopic (exact) mass is 365 g/mol. The van der Waals surface area contributed by atoms with Crippen molar-refractivity contribution in [2.24, 2.45) is 0 Å². The van der Waals surface area contributed by atoms with Crippen molar-refractivity contribution in [1.29, 1.82) is 0 Å². The molecule has 0 radical (unpaired) electrons. The summed E-state index contributed by atoms with van der Waals surface area (Å²) in [7, 11) is 0. The maximum Gasteiger partial charge on any atom is 0.237 e. The molecule has 0 bridgehead atoms. The van der Waals surface area contributed by atoms with Gasteiger partial charge in [-0.2, -0.15) is 0 Å². The topological polar surface area (TPSA) is 38.3 Å². The number of anilines is 1. The molecule has 0 spiro atoms. The van der Waals surface area contributed by atoms with E-state index in [2.05, 4.69) is 5.32 Å². The maximum absolute atomic E-state index is 13.6. The number of carbonyl (C=O) groups is 1. The van der Waals surface area contributed by atoms with E-state index in [0.717, 1.165) is 29.0 Å². The fraction of sp³-hybridized carbons (Fsp3) is 0.316. The van der Waals surface area contributed by atoms with Gasteiger partial charge in [-0.15, -0.1) is 11.8 Å². The van der Waals surface area contributed by atoms with Crippen LogP contribution in [0.15, 0.2) is 36.4 Å². The maximum atomic E-state index is 13.6. The molecular weight excluding hydrogens is 344 g/mol. The summed E-state index contributed by atoms with van der Waals surface area (Å²) in [6, 6.07) is 9.07. The number of amides is 1. The van der Waals surface area contributed by atoms with Crippen molar-refractivity contribution in [3.63, 3.8) is 0 Å². The Morgan fingerprint density at radius 1 is 1.20 bits per heavy atom. The van der Waals surface area contributed by atoms with Gasteiger partial charge in [-0.25, -0.2) is 8.78 Å². The van der Waals surface area contributed by atoms with Crippen LogP contribution in [0.5, 0.6) is 5.75 Å². The second kappa shape index (κ2) is 8.85. The molecule has 0 saturated carbocycles. The molecule has 6 heteroatoms. The first-order valence-electron chi connectivity index (χ1n) is 7.94. The molecule has 0 aliphatic heterocycles. The van der Waals surface area contributed by atoms with Crippen molar-refractivity contribution in [1.82, 2.24) is 0 Å². The molecule has 3 nitrogen and oxygen atoms in total. The van der Waals surface area contributed by atoms with E-state index >= 15 is 0 Å². The predicted octanol–water partition coefficient (Wildman–Crippen LogP) is 4.72. The summed E-state index contributed by atoms with van der Waals surface area (Å²) in [6.45, 7) is 6.19. The van der Waals surface area contributed by atoms with Crippen LogP contribution in [0, 0.1) is 25.5 Å². The van der Waals surface area contributed by atoms with Gasteiger partial charge in [0.05, 0.1) is 17.5 Å². The highest BCUT2D eigenvalue weighted by atomic mass is 32.2. The molecule has 2 rings (SSSR count). The number of hydrogen-bond acceptors (Lipinski definition) is 3. The lowest BCUT2D eigenvalue weighted by molar-refractivity contribution is -0.115. The van der Waals surface area contributed by atoms with Crippen LogP contribution in [-0.4, -0.2) is 23.5 Å². The van der Waals surface area contributed by atoms with Crippen LogP contribution in [0.4, 0.5) is 14.5 Å². The summed E-state index contributed by atoms with van der Waals surface area (Å²) in [5, 5.41) is 2.09. The highest BCUT2D eigenvalue weighted by molar-refractivity contribution is 8.00. The van der Waals surface area contributed by atoms with Gasteiger partial charge < -0.3 is 10.1 Å². The van der Waals surface area contributed by atoms with Gasteiger partial charge in [-0.1, -0.05) is 12.1 Å². The number of hydrogen-bond donors (Lipinski definition) is 1. The van der Waals surface area contributed by atoms with Crippen LogP contribution < -0.4 is 10.1 Å². The Labute approximate surface area is 150 Å². The molecule has 2 aromatic rings. The highest BCUT2D eigenvalue weighted by Gasteiger charge is 2.15. The van der Waals surface area contributed by atoms with E-state index < -0.39 is 11.6 Å². The third-order valence-corrected chi connectivity index (χ3v) is 4.73. The predicted molar refractivity (Wildman–Crippen MR) is 98.3 cm³/mol. The molecule has 0 aromatic heterocycles. The van der Waals surface area contributed by atoms with Gasteiger partial charge in [0.25, 0.3) is 0 Å². The minimum absolute atomic E-state index is 0.0227. The average Bonchev–Trinajstić information content (AvgIpc) is 2.56. The molecule has 0 aliphatic rings. The molecule has 0 heterocycles. The number of halogens is 2. The summed E-state index contributed by atoms with van der Waals surface area (Å²) >= 11 is 1.41. The van der Waals surface area contributed by atoms with Gasteiger partial charge in [0.15, 0.2) is 0 Å². The van der Waals surface area contributed by atoms with Crippen molar-refractivity contribution in [3.05, 3.63) is 59.2 Å². The van der Waals surface area contributed by atoms with E-state index in [9.17, 15) is 13.6 Å². The Kier molecular flexibility index (Phi) is 6.82. The van der Waals surface area contributed by atoms with Crippen LogP contribution in [0.25, 0.3) is 0 Å². The number of aryl methyl sites for hydroxylation is 2. The Bertz CT molecular complexity index is 752. The molecule has 1 atom stereocenters. The Balaban J connectivity index is 1.78. The van der Waals surface area contributed by atoms with E-state index in [1.807, 2.05) is 32.0 Å². The van der Waals surface area contributed by atoms with Gasteiger partial charge in [0, 0.05) is 11.8 Å².